The molecule has 1 aliphatic rings. The van der Waals surface area contributed by atoms with Gasteiger partial charge in [-0.25, -0.2) is 0 Å². The van der Waals surface area contributed by atoms with Crippen LogP contribution in [0.15, 0.2) is 0 Å². The Balaban J connectivity index is 2.53. The lowest BCUT2D eigenvalue weighted by Gasteiger charge is -2.24. The van der Waals surface area contributed by atoms with Crippen molar-refractivity contribution in [1.82, 2.24) is 0 Å². The van der Waals surface area contributed by atoms with E-state index in [1.807, 2.05) is 0 Å². The van der Waals surface area contributed by atoms with Gasteiger partial charge in [0.1, 0.15) is 0 Å². The van der Waals surface area contributed by atoms with E-state index in [1.54, 1.807) is 0 Å². The first kappa shape index (κ1) is 10.0. The van der Waals surface area contributed by atoms with Crippen molar-refractivity contribution in [1.29, 1.82) is 0 Å². The lowest BCUT2D eigenvalue weighted by Crippen LogP contribution is -2.24. The molecule has 72 valence electrons. The Labute approximate surface area is 74.6 Å². The monoisotopic (exact) mass is 172 g/mol. The summed E-state index contributed by atoms with van der Waals surface area (Å²) in [6, 6.07) is 0. The zero-order valence-electron chi connectivity index (χ0n) is 8.03. The number of rotatable bonds is 3. The molecular weight excluding hydrogens is 152 g/mol. The number of aliphatic hydroxyl groups excluding tert-OH is 2. The van der Waals surface area contributed by atoms with E-state index in [1.165, 1.54) is 12.8 Å². The molecule has 0 saturated heterocycles. The van der Waals surface area contributed by atoms with Crippen molar-refractivity contribution in [2.45, 2.75) is 26.7 Å². The molecule has 2 N–H and O–H groups in total. The molecule has 0 spiro atoms. The summed E-state index contributed by atoms with van der Waals surface area (Å²) in [5.41, 5.74) is 0. The van der Waals surface area contributed by atoms with Crippen molar-refractivity contribution in [3.63, 3.8) is 0 Å². The maximum absolute atomic E-state index is 9.17. The summed E-state index contributed by atoms with van der Waals surface area (Å²) < 4.78 is 0. The minimum absolute atomic E-state index is 0.258. The van der Waals surface area contributed by atoms with Crippen LogP contribution >= 0.6 is 0 Å². The number of aliphatic hydroxyl groups is 2. The second kappa shape index (κ2) is 4.24. The SMILES string of the molecule is C[C@@H]1CC[C@H]([C@@H](C)CO)[C@@H]1CO. The molecule has 0 radical (unpaired) electrons. The fourth-order valence-corrected chi connectivity index (χ4v) is 2.46. The summed E-state index contributed by atoms with van der Waals surface area (Å²) in [5, 5.41) is 18.2. The summed E-state index contributed by atoms with van der Waals surface area (Å²) in [6.07, 6.45) is 2.38. The largest absolute Gasteiger partial charge is 0.396 e. The maximum Gasteiger partial charge on any atom is 0.0464 e. The Bertz CT molecular complexity index is 136. The van der Waals surface area contributed by atoms with E-state index in [9.17, 15) is 0 Å². The lowest BCUT2D eigenvalue weighted by molar-refractivity contribution is 0.108. The summed E-state index contributed by atoms with van der Waals surface area (Å²) in [6.45, 7) is 4.82. The molecule has 1 fully saturated rings. The Morgan fingerprint density at radius 1 is 1.33 bits per heavy atom. The topological polar surface area (TPSA) is 40.5 Å². The molecule has 4 atom stereocenters. The summed E-state index contributed by atoms with van der Waals surface area (Å²) in [7, 11) is 0. The highest BCUT2D eigenvalue weighted by Gasteiger charge is 2.35. The second-order valence-corrected chi connectivity index (χ2v) is 4.22. The average molecular weight is 172 g/mol. The van der Waals surface area contributed by atoms with Gasteiger partial charge in [-0.3, -0.25) is 0 Å². The van der Waals surface area contributed by atoms with Gasteiger partial charge in [0.15, 0.2) is 0 Å². The molecule has 0 aliphatic heterocycles. The van der Waals surface area contributed by atoms with Gasteiger partial charge in [0.25, 0.3) is 0 Å². The Morgan fingerprint density at radius 3 is 2.50 bits per heavy atom. The molecule has 1 aliphatic carbocycles. The molecule has 1 saturated carbocycles. The lowest BCUT2D eigenvalue weighted by atomic mass is 9.83. The number of hydrogen-bond donors (Lipinski definition) is 2. The van der Waals surface area contributed by atoms with Crippen molar-refractivity contribution in [2.24, 2.45) is 23.7 Å². The summed E-state index contributed by atoms with van der Waals surface area (Å²) in [4.78, 5) is 0. The van der Waals surface area contributed by atoms with E-state index in [-0.39, 0.29) is 13.2 Å². The van der Waals surface area contributed by atoms with E-state index < -0.39 is 0 Å². The van der Waals surface area contributed by atoms with Crippen molar-refractivity contribution < 1.29 is 10.2 Å². The van der Waals surface area contributed by atoms with E-state index in [0.717, 1.165) is 0 Å². The van der Waals surface area contributed by atoms with Gasteiger partial charge in [-0.05, 0) is 30.1 Å². The number of hydrogen-bond acceptors (Lipinski definition) is 2. The van der Waals surface area contributed by atoms with Crippen LogP contribution in [0.4, 0.5) is 0 Å². The molecule has 0 amide bonds. The third-order valence-corrected chi connectivity index (χ3v) is 3.47. The first-order valence-electron chi connectivity index (χ1n) is 4.92. The molecule has 0 unspecified atom stereocenters. The van der Waals surface area contributed by atoms with E-state index >= 15 is 0 Å². The zero-order chi connectivity index (χ0) is 9.14. The van der Waals surface area contributed by atoms with Crippen LogP contribution in [0, 0.1) is 23.7 Å². The van der Waals surface area contributed by atoms with Crippen LogP contribution in [0.3, 0.4) is 0 Å². The van der Waals surface area contributed by atoms with Crippen LogP contribution in [0.2, 0.25) is 0 Å². The zero-order valence-corrected chi connectivity index (χ0v) is 8.03. The third kappa shape index (κ3) is 1.80. The summed E-state index contributed by atoms with van der Waals surface area (Å²) in [5.74, 6) is 1.95. The van der Waals surface area contributed by atoms with Crippen LogP contribution in [0.25, 0.3) is 0 Å². The van der Waals surface area contributed by atoms with Crippen LogP contribution in [0.5, 0.6) is 0 Å². The Morgan fingerprint density at radius 2 is 2.00 bits per heavy atom. The van der Waals surface area contributed by atoms with Gasteiger partial charge in [-0.15, -0.1) is 0 Å². The normalized spacial score (nSPS) is 38.5. The van der Waals surface area contributed by atoms with Crippen LogP contribution < -0.4 is 0 Å². The quantitative estimate of drug-likeness (QED) is 0.673. The third-order valence-electron chi connectivity index (χ3n) is 3.47. The van der Waals surface area contributed by atoms with Crippen molar-refractivity contribution >= 4 is 0 Å². The van der Waals surface area contributed by atoms with Gasteiger partial charge in [0.05, 0.1) is 0 Å². The highest BCUT2D eigenvalue weighted by atomic mass is 16.3. The van der Waals surface area contributed by atoms with Gasteiger partial charge < -0.3 is 10.2 Å². The van der Waals surface area contributed by atoms with Gasteiger partial charge in [0, 0.05) is 13.2 Å². The molecule has 0 bridgehead atoms. The molecule has 1 rings (SSSR count). The molecule has 2 heteroatoms. The Kier molecular flexibility index (Phi) is 3.53. The minimum atomic E-state index is 0.258. The van der Waals surface area contributed by atoms with Gasteiger partial charge in [-0.1, -0.05) is 20.3 Å². The first-order valence-corrected chi connectivity index (χ1v) is 4.92. The predicted octanol–water partition coefficient (Wildman–Crippen LogP) is 1.27. The molecule has 0 aromatic rings. The molecular formula is C10H20O2. The van der Waals surface area contributed by atoms with Crippen LogP contribution in [-0.4, -0.2) is 23.4 Å². The fraction of sp³-hybridized carbons (Fsp3) is 1.00. The average Bonchev–Trinajstić information content (AvgIpc) is 2.45. The highest BCUT2D eigenvalue weighted by Crippen LogP contribution is 2.40. The van der Waals surface area contributed by atoms with E-state index in [2.05, 4.69) is 13.8 Å². The highest BCUT2D eigenvalue weighted by molar-refractivity contribution is 4.84. The second-order valence-electron chi connectivity index (χ2n) is 4.22. The van der Waals surface area contributed by atoms with Gasteiger partial charge in [-0.2, -0.15) is 0 Å². The minimum Gasteiger partial charge on any atom is -0.396 e. The van der Waals surface area contributed by atoms with Crippen LogP contribution in [0.1, 0.15) is 26.7 Å². The standard InChI is InChI=1S/C10H20O2/c1-7-3-4-9(8(2)5-11)10(7)6-12/h7-12H,3-6H2,1-2H3/t7-,8+,9-,10-/m1/s1. The maximum atomic E-state index is 9.17. The molecule has 0 heterocycles. The van der Waals surface area contributed by atoms with E-state index in [0.29, 0.717) is 23.7 Å². The van der Waals surface area contributed by atoms with Crippen molar-refractivity contribution in [3.05, 3.63) is 0 Å². The predicted molar refractivity (Wildman–Crippen MR) is 48.7 cm³/mol. The Hall–Kier alpha value is -0.0800. The van der Waals surface area contributed by atoms with Crippen molar-refractivity contribution in [3.8, 4) is 0 Å². The molecule has 12 heavy (non-hydrogen) atoms. The molecule has 0 aromatic heterocycles. The van der Waals surface area contributed by atoms with Crippen LogP contribution in [-0.2, 0) is 0 Å². The van der Waals surface area contributed by atoms with Gasteiger partial charge >= 0.3 is 0 Å². The smallest absolute Gasteiger partial charge is 0.0464 e. The molecule has 2 nitrogen and oxygen atoms in total. The first-order chi connectivity index (χ1) is 5.70. The fourth-order valence-electron chi connectivity index (χ4n) is 2.46. The van der Waals surface area contributed by atoms with Gasteiger partial charge in [0.2, 0.25) is 0 Å². The van der Waals surface area contributed by atoms with Crippen molar-refractivity contribution in [2.75, 3.05) is 13.2 Å². The molecule has 0 aromatic carbocycles. The van der Waals surface area contributed by atoms with E-state index in [4.69, 9.17) is 10.2 Å². The summed E-state index contributed by atoms with van der Waals surface area (Å²) >= 11 is 0.